The standard InChI is InChI=1S/C21H18ClNO4S2/c1-20(15-5-3-2-4-6-15)13-21(20,19(24)25)23-29(26,27)18-12-11-17(28-18)14-7-9-16(22)10-8-14/h2-12,23H,13H2,1H3,(H,24,25)/t20-,21?/m0/s1. The van der Waals surface area contributed by atoms with E-state index in [9.17, 15) is 18.3 Å². The highest BCUT2D eigenvalue weighted by Gasteiger charge is 2.72. The summed E-state index contributed by atoms with van der Waals surface area (Å²) in [5.41, 5.74) is -0.756. The van der Waals surface area contributed by atoms with E-state index >= 15 is 0 Å². The summed E-state index contributed by atoms with van der Waals surface area (Å²) in [4.78, 5) is 12.9. The first-order valence-corrected chi connectivity index (χ1v) is 11.5. The van der Waals surface area contributed by atoms with Gasteiger partial charge in [0, 0.05) is 15.3 Å². The van der Waals surface area contributed by atoms with Crippen molar-refractivity contribution in [1.82, 2.24) is 4.72 Å². The van der Waals surface area contributed by atoms with Crippen LogP contribution in [0.15, 0.2) is 70.9 Å². The topological polar surface area (TPSA) is 83.5 Å². The number of carbonyl (C=O) groups is 1. The molecule has 1 aliphatic rings. The SMILES string of the molecule is C[C@@]1(c2ccccc2)CC1(NS(=O)(=O)c1ccc(-c2ccc(Cl)cc2)s1)C(=O)O. The van der Waals surface area contributed by atoms with Crippen molar-refractivity contribution in [3.8, 4) is 10.4 Å². The van der Waals surface area contributed by atoms with Crippen molar-refractivity contribution in [3.05, 3.63) is 77.3 Å². The van der Waals surface area contributed by atoms with E-state index in [1.165, 1.54) is 6.07 Å². The van der Waals surface area contributed by atoms with Gasteiger partial charge in [-0.25, -0.2) is 8.42 Å². The quantitative estimate of drug-likeness (QED) is 0.581. The largest absolute Gasteiger partial charge is 0.480 e. The molecule has 2 N–H and O–H groups in total. The van der Waals surface area contributed by atoms with Gasteiger partial charge >= 0.3 is 5.97 Å². The summed E-state index contributed by atoms with van der Waals surface area (Å²) in [6.07, 6.45) is 0.188. The molecular weight excluding hydrogens is 430 g/mol. The summed E-state index contributed by atoms with van der Waals surface area (Å²) in [5, 5.41) is 10.5. The molecule has 0 aliphatic heterocycles. The summed E-state index contributed by atoms with van der Waals surface area (Å²) in [6.45, 7) is 1.77. The van der Waals surface area contributed by atoms with Crippen molar-refractivity contribution in [3.63, 3.8) is 0 Å². The van der Waals surface area contributed by atoms with Gasteiger partial charge in [0.25, 0.3) is 10.0 Å². The number of hydrogen-bond acceptors (Lipinski definition) is 4. The van der Waals surface area contributed by atoms with E-state index in [2.05, 4.69) is 4.72 Å². The Bertz CT molecular complexity index is 1170. The summed E-state index contributed by atoms with van der Waals surface area (Å²) in [6, 6.07) is 19.4. The number of benzene rings is 2. The van der Waals surface area contributed by atoms with Crippen LogP contribution in [0.5, 0.6) is 0 Å². The predicted octanol–water partition coefficient (Wildman–Crippen LogP) is 4.53. The zero-order valence-corrected chi connectivity index (χ0v) is 17.8. The smallest absolute Gasteiger partial charge is 0.325 e. The van der Waals surface area contributed by atoms with Crippen molar-refractivity contribution >= 4 is 38.9 Å². The van der Waals surface area contributed by atoms with Gasteiger partial charge in [0.1, 0.15) is 9.75 Å². The lowest BCUT2D eigenvalue weighted by Crippen LogP contribution is -2.47. The van der Waals surface area contributed by atoms with Gasteiger partial charge in [0.05, 0.1) is 0 Å². The lowest BCUT2D eigenvalue weighted by molar-refractivity contribution is -0.140. The molecule has 5 nitrogen and oxygen atoms in total. The van der Waals surface area contributed by atoms with Crippen LogP contribution in [0.1, 0.15) is 18.9 Å². The van der Waals surface area contributed by atoms with Gasteiger partial charge in [-0.3, -0.25) is 4.79 Å². The zero-order chi connectivity index (χ0) is 20.9. The molecule has 4 rings (SSSR count). The molecule has 0 amide bonds. The molecule has 1 aromatic heterocycles. The average molecular weight is 448 g/mol. The highest BCUT2D eigenvalue weighted by Crippen LogP contribution is 2.58. The fraction of sp³-hybridized carbons (Fsp3) is 0.190. The number of rotatable bonds is 6. The van der Waals surface area contributed by atoms with Gasteiger partial charge in [0.15, 0.2) is 0 Å². The number of carboxylic acids is 1. The number of nitrogens with one attached hydrogen (secondary N) is 1. The minimum atomic E-state index is -4.01. The summed E-state index contributed by atoms with van der Waals surface area (Å²) >= 11 is 6.99. The highest BCUT2D eigenvalue weighted by atomic mass is 35.5. The minimum absolute atomic E-state index is 0.0744. The van der Waals surface area contributed by atoms with Crippen molar-refractivity contribution in [1.29, 1.82) is 0 Å². The normalized spacial score (nSPS) is 23.7. The van der Waals surface area contributed by atoms with Gasteiger partial charge < -0.3 is 5.11 Å². The summed E-state index contributed by atoms with van der Waals surface area (Å²) in [5.74, 6) is -1.18. The number of halogens is 1. The van der Waals surface area contributed by atoms with E-state index < -0.39 is 26.9 Å². The maximum atomic E-state index is 13.0. The number of carboxylic acid groups (broad SMARTS) is 1. The number of hydrogen-bond donors (Lipinski definition) is 2. The van der Waals surface area contributed by atoms with Gasteiger partial charge in [-0.05, 0) is 41.8 Å². The molecule has 8 heteroatoms. The third-order valence-electron chi connectivity index (χ3n) is 5.50. The molecule has 3 aromatic rings. The van der Waals surface area contributed by atoms with E-state index in [0.717, 1.165) is 27.3 Å². The molecule has 1 unspecified atom stereocenters. The van der Waals surface area contributed by atoms with Crippen LogP contribution in [0.4, 0.5) is 0 Å². The van der Waals surface area contributed by atoms with E-state index in [0.29, 0.717) is 5.02 Å². The Labute approximate surface area is 178 Å². The molecule has 1 aliphatic carbocycles. The molecule has 2 aromatic carbocycles. The van der Waals surface area contributed by atoms with E-state index in [4.69, 9.17) is 11.6 Å². The Morgan fingerprint density at radius 3 is 2.34 bits per heavy atom. The molecule has 1 saturated carbocycles. The van der Waals surface area contributed by atoms with Crippen LogP contribution in [0.2, 0.25) is 5.02 Å². The molecule has 1 fully saturated rings. The third kappa shape index (κ3) is 3.38. The van der Waals surface area contributed by atoms with Crippen molar-refractivity contribution < 1.29 is 18.3 Å². The van der Waals surface area contributed by atoms with Gasteiger partial charge in [-0.2, -0.15) is 4.72 Å². The molecule has 0 saturated heterocycles. The van der Waals surface area contributed by atoms with Crippen LogP contribution in [0.3, 0.4) is 0 Å². The molecule has 0 bridgehead atoms. The Balaban J connectivity index is 1.65. The van der Waals surface area contributed by atoms with Crippen LogP contribution in [0.25, 0.3) is 10.4 Å². The summed E-state index contributed by atoms with van der Waals surface area (Å²) in [7, 11) is -4.01. The molecule has 1 heterocycles. The van der Waals surface area contributed by atoms with Gasteiger partial charge in [-0.1, -0.05) is 61.0 Å². The van der Waals surface area contributed by atoms with Gasteiger partial charge in [-0.15, -0.1) is 11.3 Å². The molecule has 0 spiro atoms. The summed E-state index contributed by atoms with van der Waals surface area (Å²) < 4.78 is 28.6. The van der Waals surface area contributed by atoms with Crippen molar-refractivity contribution in [2.24, 2.45) is 0 Å². The first kappa shape index (κ1) is 20.1. The molecule has 150 valence electrons. The van der Waals surface area contributed by atoms with Gasteiger partial charge in [0.2, 0.25) is 0 Å². The average Bonchev–Trinajstić information content (AvgIpc) is 3.05. The Hall–Kier alpha value is -2.19. The minimum Gasteiger partial charge on any atom is -0.480 e. The maximum absolute atomic E-state index is 13.0. The number of sulfonamides is 1. The van der Waals surface area contributed by atoms with Crippen LogP contribution < -0.4 is 4.72 Å². The highest BCUT2D eigenvalue weighted by molar-refractivity contribution is 7.91. The number of thiophene rings is 1. The van der Waals surface area contributed by atoms with Crippen molar-refractivity contribution in [2.45, 2.75) is 28.5 Å². The molecular formula is C21H18ClNO4S2. The Morgan fingerprint density at radius 2 is 1.72 bits per heavy atom. The van der Waals surface area contributed by atoms with Crippen LogP contribution in [-0.4, -0.2) is 25.0 Å². The molecule has 0 radical (unpaired) electrons. The zero-order valence-electron chi connectivity index (χ0n) is 15.4. The Morgan fingerprint density at radius 1 is 1.07 bits per heavy atom. The van der Waals surface area contributed by atoms with E-state index in [1.54, 1.807) is 25.1 Å². The predicted molar refractivity (Wildman–Crippen MR) is 114 cm³/mol. The van der Waals surface area contributed by atoms with E-state index in [-0.39, 0.29) is 10.6 Å². The first-order chi connectivity index (χ1) is 13.7. The second kappa shape index (κ2) is 6.95. The second-order valence-electron chi connectivity index (χ2n) is 7.32. The van der Waals surface area contributed by atoms with Crippen molar-refractivity contribution in [2.75, 3.05) is 0 Å². The molecule has 29 heavy (non-hydrogen) atoms. The van der Waals surface area contributed by atoms with Crippen LogP contribution in [0, 0.1) is 0 Å². The van der Waals surface area contributed by atoms with E-state index in [1.807, 2.05) is 42.5 Å². The lowest BCUT2D eigenvalue weighted by Gasteiger charge is -2.20. The maximum Gasteiger partial charge on any atom is 0.325 e. The number of aliphatic carboxylic acids is 1. The molecule has 2 atom stereocenters. The second-order valence-corrected chi connectivity index (χ2v) is 10.7. The van der Waals surface area contributed by atoms with Crippen LogP contribution >= 0.6 is 22.9 Å². The lowest BCUT2D eigenvalue weighted by atomic mass is 9.93. The first-order valence-electron chi connectivity index (χ1n) is 8.87. The fourth-order valence-corrected chi connectivity index (χ4v) is 6.55. The third-order valence-corrected chi connectivity index (χ3v) is 8.87. The fourth-order valence-electron chi connectivity index (χ4n) is 3.66. The Kier molecular flexibility index (Phi) is 4.82. The van der Waals surface area contributed by atoms with Crippen LogP contribution in [-0.2, 0) is 20.2 Å². The monoisotopic (exact) mass is 447 g/mol.